The SMILES string of the molecule is [C-]#[N+]C[C@H]1CN(c2nc(OC[C@@H]3CCCN3C)nn3c(Cc4c(OC)ccc5ccccc45)cnc23)CCN1C(=O)OCc1ccccc1. The quantitative estimate of drug-likeness (QED) is 0.190. The number of nitrogens with zero attached hydrogens (tertiary/aromatic N) is 8. The van der Waals surface area contributed by atoms with Gasteiger partial charge < -0.3 is 28.9 Å². The maximum absolute atomic E-state index is 13.2. The van der Waals surface area contributed by atoms with Crippen LogP contribution in [0.4, 0.5) is 10.6 Å². The average Bonchev–Trinajstić information content (AvgIpc) is 3.75. The largest absolute Gasteiger partial charge is 0.496 e. The lowest BCUT2D eigenvalue weighted by Crippen LogP contribution is -2.56. The van der Waals surface area contributed by atoms with Crippen LogP contribution in [0.1, 0.15) is 29.7 Å². The molecule has 0 bridgehead atoms. The van der Waals surface area contributed by atoms with Crippen LogP contribution in [0.5, 0.6) is 11.8 Å². The number of carbonyl (C=O) groups excluding carboxylic acids is 1. The maximum Gasteiger partial charge on any atom is 0.410 e. The van der Waals surface area contributed by atoms with Crippen LogP contribution in [0.2, 0.25) is 0 Å². The zero-order valence-corrected chi connectivity index (χ0v) is 27.9. The third-order valence-electron chi connectivity index (χ3n) is 9.57. The number of fused-ring (bicyclic) bond motifs is 2. The van der Waals surface area contributed by atoms with Crippen LogP contribution in [-0.2, 0) is 17.8 Å². The predicted molar refractivity (Wildman–Crippen MR) is 186 cm³/mol. The highest BCUT2D eigenvalue weighted by atomic mass is 16.6. The topological polar surface area (TPSA) is 102 Å². The summed E-state index contributed by atoms with van der Waals surface area (Å²) >= 11 is 0. The Hall–Kier alpha value is -5.41. The normalized spacial score (nSPS) is 18.1. The van der Waals surface area contributed by atoms with E-state index in [-0.39, 0.29) is 19.2 Å². The Morgan fingerprint density at radius 2 is 1.86 bits per heavy atom. The lowest BCUT2D eigenvalue weighted by molar-refractivity contribution is 0.0788. The van der Waals surface area contributed by atoms with Crippen molar-refractivity contribution in [3.05, 3.63) is 101 Å². The summed E-state index contributed by atoms with van der Waals surface area (Å²) < 4.78 is 19.6. The van der Waals surface area contributed by atoms with E-state index in [4.69, 9.17) is 35.8 Å². The maximum atomic E-state index is 13.2. The number of imidazole rings is 1. The van der Waals surface area contributed by atoms with Gasteiger partial charge in [0.2, 0.25) is 6.54 Å². The Morgan fingerprint density at radius 3 is 2.65 bits per heavy atom. The Bertz CT molecular complexity index is 1980. The van der Waals surface area contributed by atoms with Gasteiger partial charge >= 0.3 is 12.1 Å². The minimum atomic E-state index is -0.429. The standard InChI is InChI=1S/C37H40N8O4/c1-38-21-30-23-43(18-19-44(30)37(46)49-24-26-10-5-4-6-11-26)35-34-39-22-29(20-32-31-14-8-7-12-27(31)15-16-33(32)47-3)45(34)41-36(40-35)48-25-28-13-9-17-42(28)2/h4-8,10-12,14-16,22,28,30H,9,13,17-21,23-25H2,2-3H3/t28-,30-/m0/s1. The molecule has 0 radical (unpaired) electrons. The fourth-order valence-electron chi connectivity index (χ4n) is 6.87. The minimum Gasteiger partial charge on any atom is -0.496 e. The number of anilines is 1. The van der Waals surface area contributed by atoms with Crippen LogP contribution in [0, 0.1) is 6.57 Å². The number of rotatable bonds is 10. The second-order valence-corrected chi connectivity index (χ2v) is 12.6. The van der Waals surface area contributed by atoms with E-state index in [2.05, 4.69) is 39.9 Å². The molecule has 3 aromatic carbocycles. The Kier molecular flexibility index (Phi) is 9.43. The molecule has 4 heterocycles. The third kappa shape index (κ3) is 6.80. The zero-order valence-electron chi connectivity index (χ0n) is 27.9. The molecule has 0 N–H and O–H groups in total. The van der Waals surface area contributed by atoms with Gasteiger partial charge in [0.05, 0.1) is 19.0 Å². The minimum absolute atomic E-state index is 0.135. The average molecular weight is 661 g/mol. The van der Waals surface area contributed by atoms with Crippen molar-refractivity contribution in [3.8, 4) is 11.8 Å². The van der Waals surface area contributed by atoms with Gasteiger partial charge in [-0.05, 0) is 48.8 Å². The molecular formula is C37H40N8O4. The predicted octanol–water partition coefficient (Wildman–Crippen LogP) is 5.10. The van der Waals surface area contributed by atoms with Gasteiger partial charge in [-0.25, -0.2) is 20.9 Å². The fraction of sp³-hybridized carbons (Fsp3) is 0.378. The van der Waals surface area contributed by atoms with Crippen molar-refractivity contribution in [2.24, 2.45) is 0 Å². The van der Waals surface area contributed by atoms with Gasteiger partial charge in [0.1, 0.15) is 25.0 Å². The van der Waals surface area contributed by atoms with Gasteiger partial charge in [-0.3, -0.25) is 4.90 Å². The van der Waals surface area contributed by atoms with Crippen LogP contribution in [0.3, 0.4) is 0 Å². The molecule has 0 saturated carbocycles. The van der Waals surface area contributed by atoms with E-state index >= 15 is 0 Å². The molecule has 12 heteroatoms. The molecule has 0 unspecified atom stereocenters. The van der Waals surface area contributed by atoms with E-state index in [1.807, 2.05) is 59.2 Å². The van der Waals surface area contributed by atoms with Crippen molar-refractivity contribution in [2.75, 3.05) is 58.4 Å². The van der Waals surface area contributed by atoms with Crippen LogP contribution in [0.15, 0.2) is 72.9 Å². The zero-order chi connectivity index (χ0) is 33.7. The molecule has 0 aliphatic carbocycles. The number of methoxy groups -OCH3 is 1. The van der Waals surface area contributed by atoms with Crippen molar-refractivity contribution >= 4 is 28.3 Å². The van der Waals surface area contributed by atoms with Gasteiger partial charge in [0.15, 0.2) is 11.5 Å². The summed E-state index contributed by atoms with van der Waals surface area (Å²) in [5, 5.41) is 7.09. The first-order valence-corrected chi connectivity index (χ1v) is 16.7. The molecule has 1 amide bonds. The van der Waals surface area contributed by atoms with Crippen LogP contribution in [-0.4, -0.2) is 101 Å². The van der Waals surface area contributed by atoms with E-state index in [1.54, 1.807) is 12.0 Å². The van der Waals surface area contributed by atoms with E-state index in [0.717, 1.165) is 52.7 Å². The van der Waals surface area contributed by atoms with Gasteiger partial charge in [-0.15, -0.1) is 5.10 Å². The van der Waals surface area contributed by atoms with E-state index < -0.39 is 12.1 Å². The van der Waals surface area contributed by atoms with Crippen LogP contribution < -0.4 is 14.4 Å². The third-order valence-corrected chi connectivity index (χ3v) is 9.57. The van der Waals surface area contributed by atoms with E-state index in [9.17, 15) is 4.79 Å². The first-order valence-electron chi connectivity index (χ1n) is 16.7. The number of hydrogen-bond acceptors (Lipinski definition) is 9. The second kappa shape index (κ2) is 14.4. The van der Waals surface area contributed by atoms with Gasteiger partial charge in [-0.2, -0.15) is 4.98 Å². The number of likely N-dealkylation sites (tertiary alicyclic amines) is 1. The van der Waals surface area contributed by atoms with E-state index in [0.29, 0.717) is 50.2 Å². The summed E-state index contributed by atoms with van der Waals surface area (Å²) in [6.07, 6.45) is 4.12. The van der Waals surface area contributed by atoms with Crippen molar-refractivity contribution in [1.82, 2.24) is 29.4 Å². The van der Waals surface area contributed by atoms with E-state index in [1.165, 1.54) is 0 Å². The number of carbonyl (C=O) groups is 1. The van der Waals surface area contributed by atoms with Gasteiger partial charge in [0, 0.05) is 37.7 Å². The molecule has 2 fully saturated rings. The van der Waals surface area contributed by atoms with Crippen LogP contribution in [0.25, 0.3) is 21.3 Å². The fourth-order valence-corrected chi connectivity index (χ4v) is 6.87. The summed E-state index contributed by atoms with van der Waals surface area (Å²) in [7, 11) is 3.80. The summed E-state index contributed by atoms with van der Waals surface area (Å²) in [5.74, 6) is 1.40. The molecule has 0 spiro atoms. The Morgan fingerprint density at radius 1 is 1.02 bits per heavy atom. The number of likely N-dealkylation sites (N-methyl/N-ethyl adjacent to an activating group) is 1. The summed E-state index contributed by atoms with van der Waals surface area (Å²) in [6.45, 7) is 10.7. The van der Waals surface area contributed by atoms with Gasteiger partial charge in [-0.1, -0.05) is 60.7 Å². The number of aromatic nitrogens is 4. The number of hydrogen-bond donors (Lipinski definition) is 0. The molecule has 2 atom stereocenters. The highest BCUT2D eigenvalue weighted by Gasteiger charge is 2.35. The number of amides is 1. The second-order valence-electron chi connectivity index (χ2n) is 12.6. The van der Waals surface area contributed by atoms with Crippen LogP contribution >= 0.6 is 0 Å². The molecule has 2 aromatic heterocycles. The molecule has 2 aliphatic rings. The lowest BCUT2D eigenvalue weighted by atomic mass is 10.00. The summed E-state index contributed by atoms with van der Waals surface area (Å²) in [5.41, 5.74) is 3.39. The molecule has 7 rings (SSSR count). The summed E-state index contributed by atoms with van der Waals surface area (Å²) in [4.78, 5) is 32.7. The number of benzene rings is 3. The number of piperazine rings is 1. The highest BCUT2D eigenvalue weighted by molar-refractivity contribution is 5.88. The summed E-state index contributed by atoms with van der Waals surface area (Å²) in [6, 6.07) is 22.1. The Balaban J connectivity index is 1.20. The number of ether oxygens (including phenoxy) is 3. The molecule has 2 saturated heterocycles. The molecular weight excluding hydrogens is 620 g/mol. The molecule has 252 valence electrons. The highest BCUT2D eigenvalue weighted by Crippen LogP contribution is 2.32. The molecule has 5 aromatic rings. The molecule has 49 heavy (non-hydrogen) atoms. The molecule has 12 nitrogen and oxygen atoms in total. The first kappa shape index (κ1) is 32.2. The van der Waals surface area contributed by atoms with Crippen molar-refractivity contribution in [2.45, 2.75) is 38.0 Å². The smallest absolute Gasteiger partial charge is 0.410 e. The van der Waals surface area contributed by atoms with Gasteiger partial charge in [0.25, 0.3) is 0 Å². The lowest BCUT2D eigenvalue weighted by Gasteiger charge is -2.39. The Labute approximate surface area is 285 Å². The van der Waals surface area contributed by atoms with Crippen molar-refractivity contribution < 1.29 is 19.0 Å². The monoisotopic (exact) mass is 660 g/mol. The van der Waals surface area contributed by atoms with Crippen molar-refractivity contribution in [3.63, 3.8) is 0 Å². The van der Waals surface area contributed by atoms with Crippen molar-refractivity contribution in [1.29, 1.82) is 0 Å². The first-order chi connectivity index (χ1) is 24.0. The molecule has 2 aliphatic heterocycles.